The van der Waals surface area contributed by atoms with Gasteiger partial charge in [-0.1, -0.05) is 78.9 Å². The number of hydrogen-bond donors (Lipinski definition) is 0. The van der Waals surface area contributed by atoms with Gasteiger partial charge in [-0.05, 0) is 12.8 Å². The summed E-state index contributed by atoms with van der Waals surface area (Å²) in [6, 6.07) is 9.57. The molecule has 0 aliphatic heterocycles. The van der Waals surface area contributed by atoms with Crippen LogP contribution in [0.25, 0.3) is 0 Å². The quantitative estimate of drug-likeness (QED) is 0.340. The number of unbranched alkanes of at least 4 members (excludes halogenated alkanes) is 3. The summed E-state index contributed by atoms with van der Waals surface area (Å²) in [5.41, 5.74) is 0.836. The maximum absolute atomic E-state index is 11.9. The molecule has 1 unspecified atom stereocenters. The molecule has 0 aliphatic carbocycles. The highest BCUT2D eigenvalue weighted by Crippen LogP contribution is 2.18. The highest BCUT2D eigenvalue weighted by atomic mass is 79.9. The lowest BCUT2D eigenvalue weighted by Gasteiger charge is -2.08. The van der Waals surface area contributed by atoms with Crippen molar-refractivity contribution in [2.75, 3.05) is 0 Å². The lowest BCUT2D eigenvalue weighted by molar-refractivity contribution is 0.0980. The minimum absolute atomic E-state index is 0.258. The minimum atomic E-state index is 0.258. The van der Waals surface area contributed by atoms with Crippen molar-refractivity contribution in [1.29, 1.82) is 0 Å². The van der Waals surface area contributed by atoms with Gasteiger partial charge in [0.25, 0.3) is 0 Å². The van der Waals surface area contributed by atoms with Crippen LogP contribution in [-0.2, 0) is 0 Å². The number of carbonyl (C=O) groups excluding carboxylic acids is 1. The van der Waals surface area contributed by atoms with Gasteiger partial charge in [0.1, 0.15) is 0 Å². The van der Waals surface area contributed by atoms with E-state index in [2.05, 4.69) is 22.9 Å². The van der Waals surface area contributed by atoms with Crippen LogP contribution >= 0.6 is 15.9 Å². The zero-order chi connectivity index (χ0) is 13.2. The fourth-order valence-corrected chi connectivity index (χ4v) is 2.55. The third-order valence-corrected chi connectivity index (χ3v) is 4.07. The van der Waals surface area contributed by atoms with E-state index in [4.69, 9.17) is 0 Å². The van der Waals surface area contributed by atoms with Crippen LogP contribution in [0.2, 0.25) is 0 Å². The predicted molar refractivity (Wildman–Crippen MR) is 81.5 cm³/mol. The van der Waals surface area contributed by atoms with Crippen molar-refractivity contribution in [3.05, 3.63) is 35.9 Å². The Morgan fingerprint density at radius 3 is 2.50 bits per heavy atom. The van der Waals surface area contributed by atoms with Gasteiger partial charge in [-0.25, -0.2) is 0 Å². The number of halogens is 1. The molecule has 0 bridgehead atoms. The summed E-state index contributed by atoms with van der Waals surface area (Å²) in [4.78, 5) is 12.4. The summed E-state index contributed by atoms with van der Waals surface area (Å²) in [5.74, 6) is 0.258. The average molecular weight is 311 g/mol. The van der Waals surface area contributed by atoms with Gasteiger partial charge >= 0.3 is 0 Å². The Labute approximate surface area is 119 Å². The Morgan fingerprint density at radius 1 is 1.11 bits per heavy atom. The van der Waals surface area contributed by atoms with Gasteiger partial charge in [-0.15, -0.1) is 0 Å². The van der Waals surface area contributed by atoms with E-state index >= 15 is 0 Å². The van der Waals surface area contributed by atoms with E-state index < -0.39 is 0 Å². The second-order valence-corrected chi connectivity index (χ2v) is 6.07. The summed E-state index contributed by atoms with van der Waals surface area (Å²) < 4.78 is 0. The summed E-state index contributed by atoms with van der Waals surface area (Å²) in [6.45, 7) is 2.23. The number of ketones is 1. The van der Waals surface area contributed by atoms with E-state index in [9.17, 15) is 4.79 Å². The fourth-order valence-electron chi connectivity index (χ4n) is 1.99. The molecule has 0 aliphatic rings. The molecule has 0 N–H and O–H groups in total. The van der Waals surface area contributed by atoms with Gasteiger partial charge in [0.15, 0.2) is 5.78 Å². The molecule has 1 nitrogen and oxygen atoms in total. The van der Waals surface area contributed by atoms with Crippen LogP contribution in [0.4, 0.5) is 0 Å². The summed E-state index contributed by atoms with van der Waals surface area (Å²) >= 11 is 3.68. The molecule has 1 aromatic rings. The largest absolute Gasteiger partial charge is 0.294 e. The summed E-state index contributed by atoms with van der Waals surface area (Å²) in [6.07, 6.45) is 7.95. The van der Waals surface area contributed by atoms with Crippen molar-refractivity contribution >= 4 is 21.7 Å². The smallest absolute Gasteiger partial charge is 0.162 e. The van der Waals surface area contributed by atoms with Crippen LogP contribution < -0.4 is 0 Å². The Kier molecular flexibility index (Phi) is 7.99. The molecule has 0 spiro atoms. The fraction of sp³-hybridized carbons (Fsp3) is 0.562. The molecule has 0 radical (unpaired) electrons. The molecule has 0 heterocycles. The monoisotopic (exact) mass is 310 g/mol. The minimum Gasteiger partial charge on any atom is -0.294 e. The number of hydrogen-bond acceptors (Lipinski definition) is 1. The number of carbonyl (C=O) groups is 1. The standard InChI is InChI=1S/C16H23BrO/c1-2-3-4-8-11-15(17)12-13-16(18)14-9-6-5-7-10-14/h5-7,9-10,15H,2-4,8,11-13H2,1H3. The molecular formula is C16H23BrO. The summed E-state index contributed by atoms with van der Waals surface area (Å²) in [7, 11) is 0. The Hall–Kier alpha value is -0.630. The van der Waals surface area contributed by atoms with Crippen LogP contribution in [0.1, 0.15) is 62.2 Å². The van der Waals surface area contributed by atoms with Crippen LogP contribution in [-0.4, -0.2) is 10.6 Å². The van der Waals surface area contributed by atoms with Crippen molar-refractivity contribution in [3.8, 4) is 0 Å². The van der Waals surface area contributed by atoms with Gasteiger partial charge < -0.3 is 0 Å². The molecule has 100 valence electrons. The first kappa shape index (κ1) is 15.4. The molecule has 0 amide bonds. The highest BCUT2D eigenvalue weighted by Gasteiger charge is 2.09. The number of benzene rings is 1. The van der Waals surface area contributed by atoms with Crippen molar-refractivity contribution in [1.82, 2.24) is 0 Å². The Balaban J connectivity index is 2.18. The van der Waals surface area contributed by atoms with Gasteiger partial charge in [-0.3, -0.25) is 4.79 Å². The van der Waals surface area contributed by atoms with Gasteiger partial charge in [0.05, 0.1) is 0 Å². The maximum atomic E-state index is 11.9. The number of alkyl halides is 1. The number of Topliss-reactive ketones (excluding diaryl/α,β-unsaturated/α-hetero) is 1. The van der Waals surface area contributed by atoms with Crippen molar-refractivity contribution < 1.29 is 4.79 Å². The third kappa shape index (κ3) is 6.34. The predicted octanol–water partition coefficient (Wildman–Crippen LogP) is 5.38. The molecule has 0 saturated heterocycles. The molecule has 1 atom stereocenters. The van der Waals surface area contributed by atoms with E-state index in [1.54, 1.807) is 0 Å². The maximum Gasteiger partial charge on any atom is 0.162 e. The second-order valence-electron chi connectivity index (χ2n) is 4.77. The third-order valence-electron chi connectivity index (χ3n) is 3.15. The van der Waals surface area contributed by atoms with Crippen LogP contribution in [0.5, 0.6) is 0 Å². The van der Waals surface area contributed by atoms with E-state index in [1.807, 2.05) is 30.3 Å². The first-order valence-electron chi connectivity index (χ1n) is 6.96. The molecular weight excluding hydrogens is 288 g/mol. The van der Waals surface area contributed by atoms with Gasteiger partial charge in [0.2, 0.25) is 0 Å². The topological polar surface area (TPSA) is 17.1 Å². The van der Waals surface area contributed by atoms with Crippen LogP contribution in [0.15, 0.2) is 30.3 Å². The molecule has 0 fully saturated rings. The highest BCUT2D eigenvalue weighted by molar-refractivity contribution is 9.09. The van der Waals surface area contributed by atoms with Crippen LogP contribution in [0, 0.1) is 0 Å². The SMILES string of the molecule is CCCCCCC(Br)CCC(=O)c1ccccc1. The molecule has 0 aromatic heterocycles. The van der Waals surface area contributed by atoms with Gasteiger partial charge in [0, 0.05) is 16.8 Å². The zero-order valence-corrected chi connectivity index (χ0v) is 12.8. The number of rotatable bonds is 9. The lowest BCUT2D eigenvalue weighted by Crippen LogP contribution is -2.04. The molecule has 2 heteroatoms. The Bertz CT molecular complexity index is 334. The molecule has 0 saturated carbocycles. The first-order valence-corrected chi connectivity index (χ1v) is 7.88. The average Bonchev–Trinajstić information content (AvgIpc) is 2.42. The van der Waals surface area contributed by atoms with Gasteiger partial charge in [-0.2, -0.15) is 0 Å². The van der Waals surface area contributed by atoms with E-state index in [0.717, 1.165) is 12.0 Å². The molecule has 18 heavy (non-hydrogen) atoms. The molecule has 1 rings (SSSR count). The second kappa shape index (κ2) is 9.32. The van der Waals surface area contributed by atoms with E-state index in [0.29, 0.717) is 11.2 Å². The van der Waals surface area contributed by atoms with Crippen molar-refractivity contribution in [2.45, 2.75) is 56.7 Å². The van der Waals surface area contributed by atoms with Crippen LogP contribution in [0.3, 0.4) is 0 Å². The first-order chi connectivity index (χ1) is 8.74. The molecule has 1 aromatic carbocycles. The summed E-state index contributed by atoms with van der Waals surface area (Å²) in [5, 5.41) is 0. The lowest BCUT2D eigenvalue weighted by atomic mass is 10.0. The van der Waals surface area contributed by atoms with E-state index in [1.165, 1.54) is 32.1 Å². The van der Waals surface area contributed by atoms with Crippen molar-refractivity contribution in [2.24, 2.45) is 0 Å². The Morgan fingerprint density at radius 2 is 1.83 bits per heavy atom. The normalized spacial score (nSPS) is 12.3. The van der Waals surface area contributed by atoms with E-state index in [-0.39, 0.29) is 5.78 Å². The zero-order valence-electron chi connectivity index (χ0n) is 11.2. The van der Waals surface area contributed by atoms with Crippen molar-refractivity contribution in [3.63, 3.8) is 0 Å².